The Balaban J connectivity index is 1.81. The normalized spacial score (nSPS) is 10.3. The predicted octanol–water partition coefficient (Wildman–Crippen LogP) is 0.830. The first-order valence-corrected chi connectivity index (χ1v) is 4.82. The largest absolute Gasteiger partial charge is 0.467 e. The fourth-order valence-electron chi connectivity index (χ4n) is 1.21. The maximum atomic E-state index is 11.4. The zero-order chi connectivity index (χ0) is 11.4. The van der Waals surface area contributed by atoms with Crippen molar-refractivity contribution in [2.24, 2.45) is 0 Å². The second-order valence-corrected chi connectivity index (χ2v) is 3.27. The van der Waals surface area contributed by atoms with E-state index in [0.717, 1.165) is 0 Å². The summed E-state index contributed by atoms with van der Waals surface area (Å²) in [5, 5.41) is 6.28. The standard InChI is InChI=1S/C10H11N3O3/c1-7-12-10(16-13-7)5-9(14)11-6-8-3-2-4-15-8/h2-4H,5-6H2,1H3,(H,11,14). The molecule has 0 bridgehead atoms. The van der Waals surface area contributed by atoms with Gasteiger partial charge in [-0.2, -0.15) is 4.98 Å². The lowest BCUT2D eigenvalue weighted by molar-refractivity contribution is -0.121. The minimum absolute atomic E-state index is 0.0849. The Kier molecular flexibility index (Phi) is 3.00. The number of furan rings is 1. The van der Waals surface area contributed by atoms with Crippen molar-refractivity contribution in [3.63, 3.8) is 0 Å². The molecule has 0 saturated carbocycles. The van der Waals surface area contributed by atoms with Gasteiger partial charge >= 0.3 is 0 Å². The van der Waals surface area contributed by atoms with Crippen molar-refractivity contribution in [1.82, 2.24) is 15.5 Å². The molecule has 0 aliphatic heterocycles. The second-order valence-electron chi connectivity index (χ2n) is 3.27. The second kappa shape index (κ2) is 4.61. The number of nitrogens with zero attached hydrogens (tertiary/aromatic N) is 2. The Morgan fingerprint density at radius 1 is 1.56 bits per heavy atom. The first-order chi connectivity index (χ1) is 7.74. The van der Waals surface area contributed by atoms with Crippen molar-refractivity contribution < 1.29 is 13.7 Å². The molecule has 84 valence electrons. The van der Waals surface area contributed by atoms with E-state index in [9.17, 15) is 4.79 Å². The summed E-state index contributed by atoms with van der Waals surface area (Å²) in [7, 11) is 0. The number of nitrogens with one attached hydrogen (secondary N) is 1. The van der Waals surface area contributed by atoms with Crippen LogP contribution in [0.4, 0.5) is 0 Å². The lowest BCUT2D eigenvalue weighted by Crippen LogP contribution is -2.24. The van der Waals surface area contributed by atoms with Crippen LogP contribution < -0.4 is 5.32 Å². The molecule has 0 aromatic carbocycles. The van der Waals surface area contributed by atoms with Crippen molar-refractivity contribution in [1.29, 1.82) is 0 Å². The minimum Gasteiger partial charge on any atom is -0.467 e. The number of aryl methyl sites for hydroxylation is 1. The zero-order valence-electron chi connectivity index (χ0n) is 8.77. The topological polar surface area (TPSA) is 81.2 Å². The summed E-state index contributed by atoms with van der Waals surface area (Å²) in [6.45, 7) is 2.06. The molecule has 1 amide bonds. The molecule has 0 unspecified atom stereocenters. The van der Waals surface area contributed by atoms with Gasteiger partial charge in [0.15, 0.2) is 5.82 Å². The van der Waals surface area contributed by atoms with Gasteiger partial charge in [-0.25, -0.2) is 0 Å². The van der Waals surface area contributed by atoms with Gasteiger partial charge in [0.25, 0.3) is 0 Å². The summed E-state index contributed by atoms with van der Waals surface area (Å²) in [6, 6.07) is 3.56. The number of hydrogen-bond acceptors (Lipinski definition) is 5. The highest BCUT2D eigenvalue weighted by Crippen LogP contribution is 2.00. The van der Waals surface area contributed by atoms with Gasteiger partial charge in [-0.3, -0.25) is 4.79 Å². The molecule has 0 radical (unpaired) electrons. The van der Waals surface area contributed by atoms with E-state index in [2.05, 4.69) is 15.5 Å². The van der Waals surface area contributed by atoms with E-state index in [1.54, 1.807) is 25.3 Å². The van der Waals surface area contributed by atoms with E-state index < -0.39 is 0 Å². The van der Waals surface area contributed by atoms with Crippen LogP contribution >= 0.6 is 0 Å². The Morgan fingerprint density at radius 3 is 3.06 bits per heavy atom. The van der Waals surface area contributed by atoms with Crippen LogP contribution in [0.5, 0.6) is 0 Å². The van der Waals surface area contributed by atoms with Crippen LogP contribution in [0, 0.1) is 6.92 Å². The van der Waals surface area contributed by atoms with Crippen LogP contribution in [0.1, 0.15) is 17.5 Å². The molecule has 2 aromatic rings. The van der Waals surface area contributed by atoms with Crippen molar-refractivity contribution in [3.8, 4) is 0 Å². The number of hydrogen-bond donors (Lipinski definition) is 1. The maximum absolute atomic E-state index is 11.4. The van der Waals surface area contributed by atoms with Crippen LogP contribution in [0.15, 0.2) is 27.3 Å². The average molecular weight is 221 g/mol. The van der Waals surface area contributed by atoms with Gasteiger partial charge in [0, 0.05) is 0 Å². The van der Waals surface area contributed by atoms with Gasteiger partial charge in [-0.05, 0) is 19.1 Å². The lowest BCUT2D eigenvalue weighted by atomic mass is 10.4. The summed E-state index contributed by atoms with van der Waals surface area (Å²) < 4.78 is 9.90. The molecular weight excluding hydrogens is 210 g/mol. The molecule has 0 fully saturated rings. The van der Waals surface area contributed by atoms with Crippen molar-refractivity contribution in [3.05, 3.63) is 35.9 Å². The van der Waals surface area contributed by atoms with Crippen molar-refractivity contribution in [2.75, 3.05) is 0 Å². The van der Waals surface area contributed by atoms with Crippen LogP contribution in [0.2, 0.25) is 0 Å². The molecule has 0 atom stereocenters. The zero-order valence-corrected chi connectivity index (χ0v) is 8.77. The Bertz CT molecular complexity index is 461. The van der Waals surface area contributed by atoms with Crippen LogP contribution in [0.25, 0.3) is 0 Å². The van der Waals surface area contributed by atoms with E-state index in [-0.39, 0.29) is 12.3 Å². The summed E-state index contributed by atoms with van der Waals surface area (Å²) in [4.78, 5) is 15.4. The molecule has 0 aliphatic rings. The lowest BCUT2D eigenvalue weighted by Gasteiger charge is -1.99. The molecule has 2 heterocycles. The van der Waals surface area contributed by atoms with E-state index >= 15 is 0 Å². The van der Waals surface area contributed by atoms with Crippen molar-refractivity contribution >= 4 is 5.91 Å². The third-order valence-corrected chi connectivity index (χ3v) is 1.92. The molecule has 1 N–H and O–H groups in total. The fraction of sp³-hybridized carbons (Fsp3) is 0.300. The molecule has 2 aromatic heterocycles. The van der Waals surface area contributed by atoms with E-state index in [4.69, 9.17) is 8.94 Å². The molecule has 0 spiro atoms. The highest BCUT2D eigenvalue weighted by molar-refractivity contribution is 5.77. The highest BCUT2D eigenvalue weighted by atomic mass is 16.5. The number of amides is 1. The first-order valence-electron chi connectivity index (χ1n) is 4.82. The molecule has 0 saturated heterocycles. The molecular formula is C10H11N3O3. The Labute approximate surface area is 91.6 Å². The Hall–Kier alpha value is -2.11. The first kappa shape index (κ1) is 10.4. The van der Waals surface area contributed by atoms with Gasteiger partial charge in [-0.1, -0.05) is 5.16 Å². The third-order valence-electron chi connectivity index (χ3n) is 1.92. The highest BCUT2D eigenvalue weighted by Gasteiger charge is 2.09. The average Bonchev–Trinajstić information content (AvgIpc) is 2.87. The maximum Gasteiger partial charge on any atom is 0.236 e. The molecule has 16 heavy (non-hydrogen) atoms. The molecule has 0 aliphatic carbocycles. The van der Waals surface area contributed by atoms with Crippen LogP contribution in [-0.2, 0) is 17.8 Å². The molecule has 2 rings (SSSR count). The van der Waals surface area contributed by atoms with E-state index in [1.807, 2.05) is 0 Å². The smallest absolute Gasteiger partial charge is 0.236 e. The summed E-state index contributed by atoms with van der Waals surface area (Å²) in [5.41, 5.74) is 0. The number of carbonyl (C=O) groups is 1. The quantitative estimate of drug-likeness (QED) is 0.826. The summed E-state index contributed by atoms with van der Waals surface area (Å²) >= 11 is 0. The predicted molar refractivity (Wildman–Crippen MR) is 53.3 cm³/mol. The molecule has 6 nitrogen and oxygen atoms in total. The SMILES string of the molecule is Cc1noc(CC(=O)NCc2ccco2)n1. The van der Waals surface area contributed by atoms with E-state index in [0.29, 0.717) is 24.0 Å². The van der Waals surface area contributed by atoms with Gasteiger partial charge in [-0.15, -0.1) is 0 Å². The van der Waals surface area contributed by atoms with Crippen molar-refractivity contribution in [2.45, 2.75) is 19.9 Å². The summed E-state index contributed by atoms with van der Waals surface area (Å²) in [6.07, 6.45) is 1.64. The number of rotatable bonds is 4. The van der Waals surface area contributed by atoms with E-state index in [1.165, 1.54) is 0 Å². The van der Waals surface area contributed by atoms with Crippen LogP contribution in [-0.4, -0.2) is 16.0 Å². The monoisotopic (exact) mass is 221 g/mol. The minimum atomic E-state index is -0.181. The summed E-state index contributed by atoms with van der Waals surface area (Å²) in [5.74, 6) is 1.36. The molecule has 6 heteroatoms. The number of aromatic nitrogens is 2. The Morgan fingerprint density at radius 2 is 2.44 bits per heavy atom. The van der Waals surface area contributed by atoms with Gasteiger partial charge in [0.1, 0.15) is 12.2 Å². The van der Waals surface area contributed by atoms with Gasteiger partial charge < -0.3 is 14.3 Å². The third kappa shape index (κ3) is 2.69. The van der Waals surface area contributed by atoms with Crippen LogP contribution in [0.3, 0.4) is 0 Å². The number of carbonyl (C=O) groups excluding carboxylic acids is 1. The van der Waals surface area contributed by atoms with Gasteiger partial charge in [0.2, 0.25) is 11.8 Å². The fourth-order valence-corrected chi connectivity index (χ4v) is 1.21. The van der Waals surface area contributed by atoms with Gasteiger partial charge in [0.05, 0.1) is 12.8 Å².